The van der Waals surface area contributed by atoms with E-state index in [1.54, 1.807) is 4.90 Å². The van der Waals surface area contributed by atoms with Crippen molar-refractivity contribution in [2.24, 2.45) is 0 Å². The van der Waals surface area contributed by atoms with E-state index in [2.05, 4.69) is 14.4 Å². The molecule has 1 rings (SSSR count). The molecule has 3 N–H and O–H groups in total. The van der Waals surface area contributed by atoms with Crippen molar-refractivity contribution in [3.63, 3.8) is 0 Å². The predicted octanol–water partition coefficient (Wildman–Crippen LogP) is 1.38. The summed E-state index contributed by atoms with van der Waals surface area (Å²) in [5, 5.41) is 2.72. The molecule has 0 saturated carbocycles. The Bertz CT molecular complexity index is 505. The van der Waals surface area contributed by atoms with E-state index in [4.69, 9.17) is 9.79 Å². The van der Waals surface area contributed by atoms with Gasteiger partial charge in [-0.25, -0.2) is 0 Å². The fourth-order valence-electron chi connectivity index (χ4n) is 2.72. The zero-order valence-electron chi connectivity index (χ0n) is 14.5. The summed E-state index contributed by atoms with van der Waals surface area (Å²) in [5.74, 6) is -0.290. The number of hydrogen-bond donors (Lipinski definition) is 3. The maximum Gasteiger partial charge on any atom is 0.694 e. The number of carbonyl (C=O) groups excluding carboxylic acids is 2. The SMILES string of the molecule is O=C(NCCCO[P+](=O)O)[C@@H]1CCCN1C(=O)CCCCCO[P+](=O)O. The van der Waals surface area contributed by atoms with Crippen molar-refractivity contribution >= 4 is 28.3 Å². The molecule has 0 aliphatic carbocycles. The molecule has 2 unspecified atom stereocenters. The fourth-order valence-corrected chi connectivity index (χ4v) is 3.29. The highest BCUT2D eigenvalue weighted by molar-refractivity contribution is 7.32. The van der Waals surface area contributed by atoms with Crippen LogP contribution in [0.4, 0.5) is 0 Å². The average molecular weight is 412 g/mol. The van der Waals surface area contributed by atoms with Gasteiger partial charge in [-0.2, -0.15) is 0 Å². The Morgan fingerprint density at radius 1 is 1.04 bits per heavy atom. The van der Waals surface area contributed by atoms with Crippen LogP contribution in [0.3, 0.4) is 0 Å². The Morgan fingerprint density at radius 2 is 1.69 bits per heavy atom. The molecule has 0 bridgehead atoms. The molecule has 1 fully saturated rings. The van der Waals surface area contributed by atoms with Gasteiger partial charge in [-0.05, 0) is 32.1 Å². The molecule has 0 radical (unpaired) electrons. The average Bonchev–Trinajstić information content (AvgIpc) is 3.06. The van der Waals surface area contributed by atoms with E-state index in [1.807, 2.05) is 0 Å². The third kappa shape index (κ3) is 9.62. The first-order chi connectivity index (χ1) is 12.4. The first-order valence-electron chi connectivity index (χ1n) is 8.57. The van der Waals surface area contributed by atoms with Gasteiger partial charge in [-0.1, -0.05) is 6.42 Å². The quantitative estimate of drug-likeness (QED) is 0.304. The minimum atomic E-state index is -2.62. The maximum atomic E-state index is 12.3. The lowest BCUT2D eigenvalue weighted by Crippen LogP contribution is -2.46. The summed E-state index contributed by atoms with van der Waals surface area (Å²) in [5.41, 5.74) is 0. The topological polar surface area (TPSA) is 142 Å². The first-order valence-corrected chi connectivity index (χ1v) is 10.8. The standard InChI is InChI=1S/C14H24N2O8P2/c17-13(7-2-1-3-10-23-25(19)20)16-9-4-6-12(16)14(18)15-8-5-11-24-26(21)22/h12H,1-11H2,(H-2,15,18,19,20,21,22)/p+2/t12-/m0/s1. The minimum absolute atomic E-state index is 0.0718. The van der Waals surface area contributed by atoms with Crippen molar-refractivity contribution in [2.75, 3.05) is 26.3 Å². The summed E-state index contributed by atoms with van der Waals surface area (Å²) in [6.45, 7) is 1.13. The van der Waals surface area contributed by atoms with Crippen LogP contribution < -0.4 is 5.32 Å². The van der Waals surface area contributed by atoms with E-state index in [1.165, 1.54) is 0 Å². The maximum absolute atomic E-state index is 12.3. The van der Waals surface area contributed by atoms with Gasteiger partial charge in [0.2, 0.25) is 11.8 Å². The minimum Gasteiger partial charge on any atom is -0.354 e. The smallest absolute Gasteiger partial charge is 0.354 e. The summed E-state index contributed by atoms with van der Waals surface area (Å²) >= 11 is 0. The first kappa shape index (κ1) is 23.0. The summed E-state index contributed by atoms with van der Waals surface area (Å²) in [6.07, 6.45) is 4.06. The number of likely N-dealkylation sites (tertiary alicyclic amines) is 1. The van der Waals surface area contributed by atoms with Crippen LogP contribution in [0, 0.1) is 0 Å². The lowest BCUT2D eigenvalue weighted by atomic mass is 10.1. The third-order valence-electron chi connectivity index (χ3n) is 3.93. The van der Waals surface area contributed by atoms with Crippen LogP contribution >= 0.6 is 16.5 Å². The largest absolute Gasteiger partial charge is 0.694 e. The van der Waals surface area contributed by atoms with Gasteiger partial charge in [0.05, 0.1) is 0 Å². The van der Waals surface area contributed by atoms with Crippen LogP contribution in [0.15, 0.2) is 0 Å². The van der Waals surface area contributed by atoms with Crippen LogP contribution in [-0.2, 0) is 27.8 Å². The second-order valence-electron chi connectivity index (χ2n) is 5.84. The Hall–Kier alpha value is -1.02. The van der Waals surface area contributed by atoms with Gasteiger partial charge >= 0.3 is 16.5 Å². The van der Waals surface area contributed by atoms with Gasteiger partial charge in [0.15, 0.2) is 0 Å². The van der Waals surface area contributed by atoms with E-state index in [-0.39, 0.29) is 25.0 Å². The predicted molar refractivity (Wildman–Crippen MR) is 92.4 cm³/mol. The monoisotopic (exact) mass is 412 g/mol. The lowest BCUT2D eigenvalue weighted by molar-refractivity contribution is -0.138. The number of unbranched alkanes of at least 4 members (excludes halogenated alkanes) is 2. The van der Waals surface area contributed by atoms with Crippen molar-refractivity contribution in [3.8, 4) is 0 Å². The molecule has 0 aromatic carbocycles. The molecule has 2 amide bonds. The Labute approximate surface area is 154 Å². The third-order valence-corrected chi connectivity index (χ3v) is 4.74. The van der Waals surface area contributed by atoms with Crippen LogP contribution in [0.25, 0.3) is 0 Å². The lowest BCUT2D eigenvalue weighted by Gasteiger charge is -2.24. The molecule has 148 valence electrons. The number of amides is 2. The highest BCUT2D eigenvalue weighted by Crippen LogP contribution is 2.20. The number of nitrogens with one attached hydrogen (secondary N) is 1. The highest BCUT2D eigenvalue weighted by atomic mass is 31.1. The Morgan fingerprint density at radius 3 is 2.35 bits per heavy atom. The summed E-state index contributed by atoms with van der Waals surface area (Å²) < 4.78 is 29.8. The molecule has 12 heteroatoms. The second-order valence-corrected chi connectivity index (χ2v) is 7.31. The van der Waals surface area contributed by atoms with E-state index in [9.17, 15) is 18.7 Å². The fraction of sp³-hybridized carbons (Fsp3) is 0.857. The molecule has 0 aromatic heterocycles. The summed E-state index contributed by atoms with van der Waals surface area (Å²) in [4.78, 5) is 43.1. The molecule has 1 saturated heterocycles. The molecule has 26 heavy (non-hydrogen) atoms. The van der Waals surface area contributed by atoms with Crippen LogP contribution in [0.1, 0.15) is 44.9 Å². The van der Waals surface area contributed by atoms with Crippen molar-refractivity contribution in [2.45, 2.75) is 51.0 Å². The molecule has 3 atom stereocenters. The zero-order valence-corrected chi connectivity index (χ0v) is 16.3. The molecule has 1 heterocycles. The van der Waals surface area contributed by atoms with E-state index >= 15 is 0 Å². The van der Waals surface area contributed by atoms with Crippen LogP contribution in [-0.4, -0.2) is 58.8 Å². The van der Waals surface area contributed by atoms with Crippen molar-refractivity contribution < 1.29 is 37.6 Å². The van der Waals surface area contributed by atoms with Gasteiger partial charge in [0.1, 0.15) is 19.3 Å². The van der Waals surface area contributed by atoms with Crippen molar-refractivity contribution in [3.05, 3.63) is 0 Å². The number of carbonyl (C=O) groups is 2. The van der Waals surface area contributed by atoms with Gasteiger partial charge in [-0.3, -0.25) is 9.59 Å². The van der Waals surface area contributed by atoms with Crippen LogP contribution in [0.5, 0.6) is 0 Å². The zero-order chi connectivity index (χ0) is 19.4. The number of nitrogens with zero attached hydrogens (tertiary/aromatic N) is 1. The molecular weight excluding hydrogens is 386 g/mol. The summed E-state index contributed by atoms with van der Waals surface area (Å²) in [6, 6.07) is -0.473. The van der Waals surface area contributed by atoms with Gasteiger partial charge in [0, 0.05) is 28.6 Å². The molecule has 0 aromatic rings. The second kappa shape index (κ2) is 13.2. The van der Waals surface area contributed by atoms with Crippen molar-refractivity contribution in [1.29, 1.82) is 0 Å². The van der Waals surface area contributed by atoms with Gasteiger partial charge in [-0.15, -0.1) is 18.8 Å². The molecule has 1 aliphatic rings. The van der Waals surface area contributed by atoms with Gasteiger partial charge < -0.3 is 10.2 Å². The number of hydrogen-bond acceptors (Lipinski definition) is 6. The summed E-state index contributed by atoms with van der Waals surface area (Å²) in [7, 11) is -5.19. The normalized spacial score (nSPS) is 17.9. The molecular formula is C14H26N2O8P2+2. The molecule has 0 spiro atoms. The highest BCUT2D eigenvalue weighted by Gasteiger charge is 2.33. The molecule has 10 nitrogen and oxygen atoms in total. The number of rotatable bonds is 13. The van der Waals surface area contributed by atoms with E-state index in [0.717, 1.165) is 6.42 Å². The van der Waals surface area contributed by atoms with E-state index in [0.29, 0.717) is 51.6 Å². The van der Waals surface area contributed by atoms with Crippen molar-refractivity contribution in [1.82, 2.24) is 10.2 Å². The van der Waals surface area contributed by atoms with Gasteiger partial charge in [0.25, 0.3) is 0 Å². The Kier molecular flexibility index (Phi) is 11.7. The van der Waals surface area contributed by atoms with E-state index < -0.39 is 22.6 Å². The Balaban J connectivity index is 2.23. The van der Waals surface area contributed by atoms with Crippen LogP contribution in [0.2, 0.25) is 0 Å². The molecule has 1 aliphatic heterocycles.